The zero-order valence-corrected chi connectivity index (χ0v) is 11.4. The molecule has 19 heavy (non-hydrogen) atoms. The molecule has 0 saturated heterocycles. The third-order valence-electron chi connectivity index (χ3n) is 2.10. The molecule has 100 valence electrons. The minimum absolute atomic E-state index is 0.0793. The van der Waals surface area contributed by atoms with Gasteiger partial charge < -0.3 is 10.1 Å². The number of amides is 1. The van der Waals surface area contributed by atoms with Crippen LogP contribution in [0.4, 0.5) is 0 Å². The van der Waals surface area contributed by atoms with Crippen molar-refractivity contribution in [1.29, 1.82) is 0 Å². The highest BCUT2D eigenvalue weighted by Gasteiger charge is 2.11. The van der Waals surface area contributed by atoms with Gasteiger partial charge in [-0.1, -0.05) is 23.4 Å². The zero-order chi connectivity index (χ0) is 14.3. The summed E-state index contributed by atoms with van der Waals surface area (Å²) in [5.41, 5.74) is 0.741. The zero-order valence-electron chi connectivity index (χ0n) is 10.6. The van der Waals surface area contributed by atoms with Crippen LogP contribution in [0.2, 0.25) is 5.15 Å². The molecule has 0 fully saturated rings. The normalized spacial score (nSPS) is 9.21. The van der Waals surface area contributed by atoms with E-state index < -0.39 is 5.97 Å². The van der Waals surface area contributed by atoms with E-state index in [1.807, 2.05) is 0 Å². The van der Waals surface area contributed by atoms with E-state index in [0.717, 1.165) is 0 Å². The molecule has 0 spiro atoms. The number of ether oxygens (including phenoxy) is 1. The molecule has 1 amide bonds. The Morgan fingerprint density at radius 3 is 2.89 bits per heavy atom. The van der Waals surface area contributed by atoms with Gasteiger partial charge in [0.1, 0.15) is 5.15 Å². The van der Waals surface area contributed by atoms with E-state index >= 15 is 0 Å². The third-order valence-corrected chi connectivity index (χ3v) is 2.40. The molecule has 0 aromatic carbocycles. The van der Waals surface area contributed by atoms with Crippen molar-refractivity contribution in [3.05, 3.63) is 28.5 Å². The maximum Gasteiger partial charge on any atom is 0.341 e. The Labute approximate surface area is 116 Å². The maximum absolute atomic E-state index is 11.4. The van der Waals surface area contributed by atoms with Crippen molar-refractivity contribution in [2.24, 2.45) is 0 Å². The van der Waals surface area contributed by atoms with E-state index in [2.05, 4.69) is 26.9 Å². The van der Waals surface area contributed by atoms with E-state index in [-0.39, 0.29) is 16.6 Å². The fourth-order valence-corrected chi connectivity index (χ4v) is 1.42. The minimum atomic E-state index is -0.556. The Morgan fingerprint density at radius 2 is 2.26 bits per heavy atom. The molecule has 0 aliphatic rings. The average molecular weight is 281 g/mol. The van der Waals surface area contributed by atoms with Gasteiger partial charge in [0.25, 0.3) is 0 Å². The lowest BCUT2D eigenvalue weighted by Gasteiger charge is -2.01. The van der Waals surface area contributed by atoms with Gasteiger partial charge in [-0.3, -0.25) is 4.79 Å². The maximum atomic E-state index is 11.4. The van der Waals surface area contributed by atoms with Crippen molar-refractivity contribution in [3.8, 4) is 11.8 Å². The second-order valence-corrected chi connectivity index (χ2v) is 3.95. The van der Waals surface area contributed by atoms with E-state index in [1.54, 1.807) is 0 Å². The van der Waals surface area contributed by atoms with Crippen LogP contribution in [0.1, 0.15) is 29.3 Å². The number of nitrogens with one attached hydrogen (secondary N) is 1. The molecule has 0 aliphatic heterocycles. The van der Waals surface area contributed by atoms with Gasteiger partial charge in [0.2, 0.25) is 5.91 Å². The van der Waals surface area contributed by atoms with Crippen LogP contribution in [0, 0.1) is 11.8 Å². The van der Waals surface area contributed by atoms with Crippen LogP contribution >= 0.6 is 11.6 Å². The van der Waals surface area contributed by atoms with Gasteiger partial charge in [0.05, 0.1) is 12.7 Å². The lowest BCUT2D eigenvalue weighted by Crippen LogP contribution is -2.20. The first-order valence-corrected chi connectivity index (χ1v) is 5.89. The van der Waals surface area contributed by atoms with Gasteiger partial charge in [0, 0.05) is 31.6 Å². The molecule has 0 radical (unpaired) electrons. The van der Waals surface area contributed by atoms with Gasteiger partial charge in [-0.05, 0) is 6.07 Å². The van der Waals surface area contributed by atoms with Crippen LogP contribution in [0.25, 0.3) is 0 Å². The Hall–Kier alpha value is -2.06. The molecule has 0 unspecified atom stereocenters. The number of carbonyl (C=O) groups is 2. The number of hydrogen-bond acceptors (Lipinski definition) is 4. The first-order valence-electron chi connectivity index (χ1n) is 5.51. The van der Waals surface area contributed by atoms with Crippen LogP contribution in [0.5, 0.6) is 0 Å². The van der Waals surface area contributed by atoms with Crippen molar-refractivity contribution in [3.63, 3.8) is 0 Å². The second kappa shape index (κ2) is 7.39. The lowest BCUT2D eigenvalue weighted by molar-refractivity contribution is -0.118. The van der Waals surface area contributed by atoms with E-state index in [0.29, 0.717) is 18.5 Å². The summed E-state index contributed by atoms with van der Waals surface area (Å²) in [4.78, 5) is 25.9. The van der Waals surface area contributed by atoms with Gasteiger partial charge in [-0.2, -0.15) is 0 Å². The van der Waals surface area contributed by atoms with Gasteiger partial charge in [-0.25, -0.2) is 9.78 Å². The number of nitrogens with zero attached hydrogens (tertiary/aromatic N) is 1. The molecule has 5 nitrogen and oxygen atoms in total. The second-order valence-electron chi connectivity index (χ2n) is 3.59. The van der Waals surface area contributed by atoms with Crippen LogP contribution < -0.4 is 5.32 Å². The van der Waals surface area contributed by atoms with E-state index in [9.17, 15) is 9.59 Å². The lowest BCUT2D eigenvalue weighted by atomic mass is 10.2. The Morgan fingerprint density at radius 1 is 1.53 bits per heavy atom. The number of carbonyl (C=O) groups excluding carboxylic acids is 2. The van der Waals surface area contributed by atoms with Crippen LogP contribution in [-0.2, 0) is 9.53 Å². The van der Waals surface area contributed by atoms with Gasteiger partial charge in [-0.15, -0.1) is 0 Å². The Balaban J connectivity index is 2.72. The fraction of sp³-hybridized carbons (Fsp3) is 0.308. The molecule has 0 saturated carbocycles. The summed E-state index contributed by atoms with van der Waals surface area (Å²) in [7, 11) is 1.27. The summed E-state index contributed by atoms with van der Waals surface area (Å²) in [5.74, 6) is 5.04. The smallest absolute Gasteiger partial charge is 0.341 e. The molecule has 0 atom stereocenters. The number of hydrogen-bond donors (Lipinski definition) is 1. The van der Waals surface area contributed by atoms with Gasteiger partial charge in [0.15, 0.2) is 0 Å². The van der Waals surface area contributed by atoms with Crippen molar-refractivity contribution >= 4 is 23.5 Å². The summed E-state index contributed by atoms with van der Waals surface area (Å²) in [5, 5.41) is 2.71. The SMILES string of the molecule is COC(=O)c1cc(C#CCCNC(C)=O)cnc1Cl. The highest BCUT2D eigenvalue weighted by atomic mass is 35.5. The number of esters is 1. The van der Waals surface area contributed by atoms with Crippen LogP contribution in [-0.4, -0.2) is 30.5 Å². The number of methoxy groups -OCH3 is 1. The predicted molar refractivity (Wildman–Crippen MR) is 70.8 cm³/mol. The summed E-state index contributed by atoms with van der Waals surface area (Å²) >= 11 is 5.78. The van der Waals surface area contributed by atoms with E-state index in [4.69, 9.17) is 11.6 Å². The Kier molecular flexibility index (Phi) is 5.83. The minimum Gasteiger partial charge on any atom is -0.465 e. The molecular weight excluding hydrogens is 268 g/mol. The molecule has 1 aromatic heterocycles. The molecule has 1 N–H and O–H groups in total. The molecule has 1 aromatic rings. The third kappa shape index (κ3) is 4.98. The first kappa shape index (κ1) is 15.0. The van der Waals surface area contributed by atoms with Crippen LogP contribution in [0.3, 0.4) is 0 Å². The van der Waals surface area contributed by atoms with Crippen molar-refractivity contribution < 1.29 is 14.3 Å². The quantitative estimate of drug-likeness (QED) is 0.393. The van der Waals surface area contributed by atoms with Crippen molar-refractivity contribution in [1.82, 2.24) is 10.3 Å². The summed E-state index contributed by atoms with van der Waals surface area (Å²) in [6.45, 7) is 1.92. The number of rotatable bonds is 3. The molecule has 1 rings (SSSR count). The molecular formula is C13H13ClN2O3. The molecule has 6 heteroatoms. The highest BCUT2D eigenvalue weighted by molar-refractivity contribution is 6.32. The topological polar surface area (TPSA) is 68.3 Å². The fourth-order valence-electron chi connectivity index (χ4n) is 1.24. The van der Waals surface area contributed by atoms with E-state index in [1.165, 1.54) is 26.3 Å². The number of halogens is 1. The van der Waals surface area contributed by atoms with Crippen molar-refractivity contribution in [2.75, 3.05) is 13.7 Å². The molecule has 1 heterocycles. The number of pyridine rings is 1. The van der Waals surface area contributed by atoms with Crippen molar-refractivity contribution in [2.45, 2.75) is 13.3 Å². The molecule has 0 aliphatic carbocycles. The standard InChI is InChI=1S/C13H13ClN2O3/c1-9(17)15-6-4-3-5-10-7-11(13(18)19-2)12(14)16-8-10/h7-8H,4,6H2,1-2H3,(H,15,17). The predicted octanol–water partition coefficient (Wildman–Crippen LogP) is 1.40. The Bertz CT molecular complexity index is 547. The molecule has 0 bridgehead atoms. The van der Waals surface area contributed by atoms with Gasteiger partial charge >= 0.3 is 5.97 Å². The summed E-state index contributed by atoms with van der Waals surface area (Å²) in [6, 6.07) is 1.52. The monoisotopic (exact) mass is 280 g/mol. The number of aromatic nitrogens is 1. The average Bonchev–Trinajstić information content (AvgIpc) is 2.39. The highest BCUT2D eigenvalue weighted by Crippen LogP contribution is 2.14. The summed E-state index contributed by atoms with van der Waals surface area (Å²) < 4.78 is 4.58. The summed E-state index contributed by atoms with van der Waals surface area (Å²) in [6.07, 6.45) is 1.98. The largest absolute Gasteiger partial charge is 0.465 e. The van der Waals surface area contributed by atoms with Crippen LogP contribution in [0.15, 0.2) is 12.3 Å². The first-order chi connectivity index (χ1) is 9.04.